The molecule has 2 rings (SSSR count). The van der Waals surface area contributed by atoms with Gasteiger partial charge in [-0.3, -0.25) is 4.79 Å². The molecular formula is C15H15NO3. The summed E-state index contributed by atoms with van der Waals surface area (Å²) in [5.41, 5.74) is 6.11. The highest BCUT2D eigenvalue weighted by Gasteiger charge is 2.19. The molecule has 0 saturated heterocycles. The maximum atomic E-state index is 11.5. The molecule has 0 aliphatic carbocycles. The largest absolute Gasteiger partial charge is 0.497 e. The molecule has 4 heteroatoms. The Morgan fingerprint density at radius 3 is 2.11 bits per heavy atom. The van der Waals surface area contributed by atoms with Crippen LogP contribution in [-0.4, -0.2) is 13.0 Å². The molecule has 2 aromatic carbocycles. The number of benzene rings is 2. The standard InChI is InChI=1S/C15H15NO3/c1-18-12-7-9-13(10-8-12)19-14(15(16)17)11-5-3-2-4-6-11/h2-10,14H,1H3,(H2,16,17). The number of carbonyl (C=O) groups is 1. The Morgan fingerprint density at radius 2 is 1.58 bits per heavy atom. The van der Waals surface area contributed by atoms with Gasteiger partial charge in [-0.2, -0.15) is 0 Å². The van der Waals surface area contributed by atoms with E-state index in [1.54, 1.807) is 43.5 Å². The van der Waals surface area contributed by atoms with Gasteiger partial charge in [0, 0.05) is 5.56 Å². The summed E-state index contributed by atoms with van der Waals surface area (Å²) in [6.45, 7) is 0. The third-order valence-corrected chi connectivity index (χ3v) is 2.67. The lowest BCUT2D eigenvalue weighted by atomic mass is 10.1. The number of amides is 1. The van der Waals surface area contributed by atoms with Crippen LogP contribution in [0.15, 0.2) is 54.6 Å². The van der Waals surface area contributed by atoms with Crippen molar-refractivity contribution in [3.63, 3.8) is 0 Å². The molecule has 1 unspecified atom stereocenters. The SMILES string of the molecule is COc1ccc(OC(C(N)=O)c2ccccc2)cc1. The molecule has 0 bridgehead atoms. The number of carbonyl (C=O) groups excluding carboxylic acids is 1. The fourth-order valence-corrected chi connectivity index (χ4v) is 1.71. The fraction of sp³-hybridized carbons (Fsp3) is 0.133. The highest BCUT2D eigenvalue weighted by Crippen LogP contribution is 2.23. The first-order chi connectivity index (χ1) is 9.20. The van der Waals surface area contributed by atoms with Crippen LogP contribution in [0.25, 0.3) is 0 Å². The number of hydrogen-bond acceptors (Lipinski definition) is 3. The van der Waals surface area contributed by atoms with Crippen molar-refractivity contribution < 1.29 is 14.3 Å². The summed E-state index contributed by atoms with van der Waals surface area (Å²) in [5.74, 6) is 0.762. The Morgan fingerprint density at radius 1 is 1.00 bits per heavy atom. The predicted octanol–water partition coefficient (Wildman–Crippen LogP) is 2.30. The third-order valence-electron chi connectivity index (χ3n) is 2.67. The minimum absolute atomic E-state index is 0.526. The average molecular weight is 257 g/mol. The van der Waals surface area contributed by atoms with Gasteiger partial charge in [-0.25, -0.2) is 0 Å². The average Bonchev–Trinajstić information content (AvgIpc) is 2.46. The van der Waals surface area contributed by atoms with Crippen molar-refractivity contribution in [1.82, 2.24) is 0 Å². The molecule has 0 aliphatic heterocycles. The van der Waals surface area contributed by atoms with Crippen molar-refractivity contribution in [1.29, 1.82) is 0 Å². The molecule has 0 aromatic heterocycles. The highest BCUT2D eigenvalue weighted by molar-refractivity contribution is 5.80. The van der Waals surface area contributed by atoms with Gasteiger partial charge in [-0.15, -0.1) is 0 Å². The number of ether oxygens (including phenoxy) is 2. The maximum absolute atomic E-state index is 11.5. The number of primary amides is 1. The monoisotopic (exact) mass is 257 g/mol. The fourth-order valence-electron chi connectivity index (χ4n) is 1.71. The maximum Gasteiger partial charge on any atom is 0.263 e. The number of nitrogens with two attached hydrogens (primary N) is 1. The third kappa shape index (κ3) is 3.25. The Labute approximate surface area is 111 Å². The lowest BCUT2D eigenvalue weighted by Gasteiger charge is -2.16. The normalized spacial score (nSPS) is 11.6. The summed E-state index contributed by atoms with van der Waals surface area (Å²) in [6.07, 6.45) is -0.797. The van der Waals surface area contributed by atoms with Gasteiger partial charge in [0.25, 0.3) is 5.91 Å². The topological polar surface area (TPSA) is 61.6 Å². The van der Waals surface area contributed by atoms with Gasteiger partial charge in [-0.05, 0) is 24.3 Å². The van der Waals surface area contributed by atoms with E-state index in [1.807, 2.05) is 18.2 Å². The molecule has 0 fully saturated rings. The van der Waals surface area contributed by atoms with Crippen LogP contribution in [0.4, 0.5) is 0 Å². The summed E-state index contributed by atoms with van der Waals surface area (Å²) in [4.78, 5) is 11.5. The van der Waals surface area contributed by atoms with Crippen molar-refractivity contribution in [2.75, 3.05) is 7.11 Å². The lowest BCUT2D eigenvalue weighted by Crippen LogP contribution is -2.26. The molecule has 0 heterocycles. The van der Waals surface area contributed by atoms with E-state index < -0.39 is 12.0 Å². The summed E-state index contributed by atoms with van der Waals surface area (Å²) in [7, 11) is 1.59. The smallest absolute Gasteiger partial charge is 0.263 e. The Balaban J connectivity index is 2.19. The molecule has 0 saturated carbocycles. The summed E-state index contributed by atoms with van der Waals surface area (Å²) >= 11 is 0. The highest BCUT2D eigenvalue weighted by atomic mass is 16.5. The van der Waals surface area contributed by atoms with Gasteiger partial charge in [0.15, 0.2) is 0 Å². The second-order valence-electron chi connectivity index (χ2n) is 3.99. The van der Waals surface area contributed by atoms with Crippen molar-refractivity contribution >= 4 is 5.91 Å². The van der Waals surface area contributed by atoms with E-state index in [1.165, 1.54) is 0 Å². The van der Waals surface area contributed by atoms with Gasteiger partial charge in [0.2, 0.25) is 6.10 Å². The molecule has 0 radical (unpaired) electrons. The Bertz CT molecular complexity index is 537. The van der Waals surface area contributed by atoms with E-state index in [4.69, 9.17) is 15.2 Å². The first kappa shape index (κ1) is 13.0. The van der Waals surface area contributed by atoms with Gasteiger partial charge in [0.05, 0.1) is 7.11 Å². The van der Waals surface area contributed by atoms with Gasteiger partial charge in [-0.1, -0.05) is 30.3 Å². The first-order valence-electron chi connectivity index (χ1n) is 5.85. The van der Waals surface area contributed by atoms with Crippen LogP contribution in [0.2, 0.25) is 0 Å². The van der Waals surface area contributed by atoms with E-state index in [0.29, 0.717) is 5.75 Å². The van der Waals surface area contributed by atoms with Crippen LogP contribution in [0, 0.1) is 0 Å². The Kier molecular flexibility index (Phi) is 4.03. The molecule has 2 aromatic rings. The minimum atomic E-state index is -0.797. The van der Waals surface area contributed by atoms with Crippen LogP contribution in [-0.2, 0) is 4.79 Å². The van der Waals surface area contributed by atoms with Gasteiger partial charge in [0.1, 0.15) is 11.5 Å². The molecule has 2 N–H and O–H groups in total. The first-order valence-corrected chi connectivity index (χ1v) is 5.85. The zero-order chi connectivity index (χ0) is 13.7. The molecule has 4 nitrogen and oxygen atoms in total. The quantitative estimate of drug-likeness (QED) is 0.894. The molecule has 0 aliphatic rings. The van der Waals surface area contributed by atoms with Crippen LogP contribution < -0.4 is 15.2 Å². The zero-order valence-corrected chi connectivity index (χ0v) is 10.6. The lowest BCUT2D eigenvalue weighted by molar-refractivity contribution is -0.125. The minimum Gasteiger partial charge on any atom is -0.497 e. The van der Waals surface area contributed by atoms with Crippen molar-refractivity contribution in [2.24, 2.45) is 5.73 Å². The van der Waals surface area contributed by atoms with Crippen molar-refractivity contribution in [3.8, 4) is 11.5 Å². The van der Waals surface area contributed by atoms with Crippen LogP contribution >= 0.6 is 0 Å². The van der Waals surface area contributed by atoms with Gasteiger partial charge >= 0.3 is 0 Å². The van der Waals surface area contributed by atoms with Crippen molar-refractivity contribution in [3.05, 3.63) is 60.2 Å². The van der Waals surface area contributed by atoms with Crippen molar-refractivity contribution in [2.45, 2.75) is 6.10 Å². The van der Waals surface area contributed by atoms with E-state index in [9.17, 15) is 4.79 Å². The molecule has 98 valence electrons. The van der Waals surface area contributed by atoms with Crippen LogP contribution in [0.1, 0.15) is 11.7 Å². The molecule has 1 amide bonds. The molecule has 1 atom stereocenters. The van der Waals surface area contributed by atoms with E-state index in [2.05, 4.69) is 0 Å². The summed E-state index contributed by atoms with van der Waals surface area (Å²) in [5, 5.41) is 0. The zero-order valence-electron chi connectivity index (χ0n) is 10.6. The van der Waals surface area contributed by atoms with E-state index in [0.717, 1.165) is 11.3 Å². The summed E-state index contributed by atoms with van der Waals surface area (Å²) < 4.78 is 10.7. The second-order valence-corrected chi connectivity index (χ2v) is 3.99. The molecule has 0 spiro atoms. The van der Waals surface area contributed by atoms with Gasteiger partial charge < -0.3 is 15.2 Å². The molecular weight excluding hydrogens is 242 g/mol. The second kappa shape index (κ2) is 5.91. The van der Waals surface area contributed by atoms with E-state index >= 15 is 0 Å². The summed E-state index contributed by atoms with van der Waals surface area (Å²) in [6, 6.07) is 16.1. The van der Waals surface area contributed by atoms with E-state index in [-0.39, 0.29) is 0 Å². The number of hydrogen-bond donors (Lipinski definition) is 1. The number of methoxy groups -OCH3 is 1. The number of rotatable bonds is 5. The predicted molar refractivity (Wildman–Crippen MR) is 72.0 cm³/mol. The van der Waals surface area contributed by atoms with Crippen LogP contribution in [0.5, 0.6) is 11.5 Å². The Hall–Kier alpha value is -2.49. The van der Waals surface area contributed by atoms with Crippen LogP contribution in [0.3, 0.4) is 0 Å². The molecule has 19 heavy (non-hydrogen) atoms.